The number of hydrogen-bond acceptors (Lipinski definition) is 1. The lowest BCUT2D eigenvalue weighted by Crippen LogP contribution is -1.93. The van der Waals surface area contributed by atoms with Crippen LogP contribution < -0.4 is 0 Å². The minimum absolute atomic E-state index is 0.0112. The van der Waals surface area contributed by atoms with Crippen LogP contribution in [-0.4, -0.2) is 0 Å². The van der Waals surface area contributed by atoms with E-state index >= 15 is 0 Å². The smallest absolute Gasteiger partial charge is 0.0843 e. The van der Waals surface area contributed by atoms with Crippen molar-refractivity contribution in [3.63, 3.8) is 0 Å². The molecule has 0 bridgehead atoms. The van der Waals surface area contributed by atoms with Crippen LogP contribution in [0.4, 0.5) is 0 Å². The summed E-state index contributed by atoms with van der Waals surface area (Å²) in [6.07, 6.45) is 3.75. The maximum Gasteiger partial charge on any atom is 0.0843 e. The molecule has 0 amide bonds. The van der Waals surface area contributed by atoms with Gasteiger partial charge in [0.15, 0.2) is 0 Å². The fourth-order valence-electron chi connectivity index (χ4n) is 2.36. The predicted octanol–water partition coefficient (Wildman–Crippen LogP) is 4.57. The molecule has 0 N–H and O–H groups in total. The molecule has 2 heteroatoms. The van der Waals surface area contributed by atoms with Crippen LogP contribution in [0.2, 0.25) is 0 Å². The van der Waals surface area contributed by atoms with E-state index in [-0.39, 0.29) is 5.38 Å². The van der Waals surface area contributed by atoms with Crippen LogP contribution in [0.15, 0.2) is 35.0 Å². The third-order valence-corrected chi connectivity index (χ3v) is 4.46. The average Bonchev–Trinajstić information content (AvgIpc) is 2.98. The van der Waals surface area contributed by atoms with Crippen molar-refractivity contribution < 1.29 is 0 Å². The van der Waals surface area contributed by atoms with Crippen molar-refractivity contribution in [3.8, 4) is 0 Å². The zero-order chi connectivity index (χ0) is 11.0. The summed E-state index contributed by atoms with van der Waals surface area (Å²) < 4.78 is 0. The summed E-state index contributed by atoms with van der Waals surface area (Å²) in [5.41, 5.74) is 5.46. The lowest BCUT2D eigenvalue weighted by Gasteiger charge is -2.10. The molecule has 0 nitrogen and oxygen atoms in total. The highest BCUT2D eigenvalue weighted by molar-refractivity contribution is 7.08. The number of benzene rings is 1. The van der Waals surface area contributed by atoms with E-state index in [0.29, 0.717) is 0 Å². The first-order chi connectivity index (χ1) is 7.84. The molecular formula is C14H13ClS. The van der Waals surface area contributed by atoms with Crippen molar-refractivity contribution >= 4 is 22.9 Å². The van der Waals surface area contributed by atoms with Crippen LogP contribution in [0.5, 0.6) is 0 Å². The average molecular weight is 249 g/mol. The van der Waals surface area contributed by atoms with Gasteiger partial charge in [0.25, 0.3) is 0 Å². The molecule has 0 fully saturated rings. The summed E-state index contributed by atoms with van der Waals surface area (Å²) in [5, 5.41) is 4.22. The van der Waals surface area contributed by atoms with E-state index in [1.54, 1.807) is 11.3 Å². The van der Waals surface area contributed by atoms with Gasteiger partial charge in [-0.05, 0) is 58.3 Å². The topological polar surface area (TPSA) is 0 Å². The van der Waals surface area contributed by atoms with Crippen LogP contribution in [0.3, 0.4) is 0 Å². The standard InChI is InChI=1S/C14H13ClS/c15-14(13-6-7-16-9-13)12-5-4-10-2-1-3-11(10)8-12/h4-9,14H,1-3H2. The minimum Gasteiger partial charge on any atom is -0.152 e. The second-order valence-electron chi connectivity index (χ2n) is 4.30. The Morgan fingerprint density at radius 1 is 1.06 bits per heavy atom. The second kappa shape index (κ2) is 4.23. The molecule has 82 valence electrons. The number of halogens is 1. The van der Waals surface area contributed by atoms with E-state index in [9.17, 15) is 0 Å². The van der Waals surface area contributed by atoms with Crippen LogP contribution in [0, 0.1) is 0 Å². The van der Waals surface area contributed by atoms with Crippen LogP contribution in [0.25, 0.3) is 0 Å². The molecule has 1 aliphatic carbocycles. The molecule has 16 heavy (non-hydrogen) atoms. The molecule has 0 saturated heterocycles. The van der Waals surface area contributed by atoms with Crippen LogP contribution >= 0.6 is 22.9 Å². The maximum atomic E-state index is 6.48. The summed E-state index contributed by atoms with van der Waals surface area (Å²) in [7, 11) is 0. The second-order valence-corrected chi connectivity index (χ2v) is 5.52. The van der Waals surface area contributed by atoms with Crippen molar-refractivity contribution in [1.29, 1.82) is 0 Å². The molecular weight excluding hydrogens is 236 g/mol. The van der Waals surface area contributed by atoms with Gasteiger partial charge >= 0.3 is 0 Å². The highest BCUT2D eigenvalue weighted by Gasteiger charge is 2.15. The Labute approximate surface area is 105 Å². The van der Waals surface area contributed by atoms with E-state index in [2.05, 4.69) is 35.0 Å². The van der Waals surface area contributed by atoms with E-state index in [0.717, 1.165) is 0 Å². The Hall–Kier alpha value is -0.790. The molecule has 0 saturated carbocycles. The fraction of sp³-hybridized carbons (Fsp3) is 0.286. The van der Waals surface area contributed by atoms with Crippen molar-refractivity contribution in [1.82, 2.24) is 0 Å². The number of fused-ring (bicyclic) bond motifs is 1. The van der Waals surface area contributed by atoms with Crippen molar-refractivity contribution in [3.05, 3.63) is 57.3 Å². The highest BCUT2D eigenvalue weighted by atomic mass is 35.5. The van der Waals surface area contributed by atoms with E-state index < -0.39 is 0 Å². The number of alkyl halides is 1. The molecule has 1 unspecified atom stereocenters. The Morgan fingerprint density at radius 3 is 2.75 bits per heavy atom. The SMILES string of the molecule is ClC(c1ccsc1)c1ccc2c(c1)CCC2. The van der Waals surface area contributed by atoms with E-state index in [1.807, 2.05) is 0 Å². The van der Waals surface area contributed by atoms with Crippen LogP contribution in [0.1, 0.15) is 34.1 Å². The zero-order valence-electron chi connectivity index (χ0n) is 8.95. The minimum atomic E-state index is 0.0112. The first-order valence-corrected chi connectivity index (χ1v) is 7.00. The highest BCUT2D eigenvalue weighted by Crippen LogP contribution is 2.33. The Bertz CT molecular complexity index is 487. The zero-order valence-corrected chi connectivity index (χ0v) is 10.5. The summed E-state index contributed by atoms with van der Waals surface area (Å²) in [5.74, 6) is 0. The lowest BCUT2D eigenvalue weighted by molar-refractivity contribution is 0.911. The number of aryl methyl sites for hydroxylation is 2. The van der Waals surface area contributed by atoms with Gasteiger partial charge in [-0.3, -0.25) is 0 Å². The summed E-state index contributed by atoms with van der Waals surface area (Å²) in [6, 6.07) is 8.83. The Kier molecular flexibility index (Phi) is 2.74. The van der Waals surface area contributed by atoms with Gasteiger partial charge in [0, 0.05) is 0 Å². The largest absolute Gasteiger partial charge is 0.152 e. The molecule has 0 aliphatic heterocycles. The Balaban J connectivity index is 1.95. The van der Waals surface area contributed by atoms with Gasteiger partial charge in [0.05, 0.1) is 5.38 Å². The van der Waals surface area contributed by atoms with Gasteiger partial charge in [-0.2, -0.15) is 11.3 Å². The molecule has 2 aromatic rings. The first kappa shape index (κ1) is 10.4. The molecule has 0 radical (unpaired) electrons. The lowest BCUT2D eigenvalue weighted by atomic mass is 10.0. The molecule has 1 atom stereocenters. The quantitative estimate of drug-likeness (QED) is 0.684. The Morgan fingerprint density at radius 2 is 1.94 bits per heavy atom. The fourth-order valence-corrected chi connectivity index (χ4v) is 3.39. The van der Waals surface area contributed by atoms with Crippen LogP contribution in [-0.2, 0) is 12.8 Å². The van der Waals surface area contributed by atoms with Gasteiger partial charge in [-0.15, -0.1) is 11.6 Å². The normalized spacial score (nSPS) is 16.1. The maximum absolute atomic E-state index is 6.48. The summed E-state index contributed by atoms with van der Waals surface area (Å²) >= 11 is 8.18. The predicted molar refractivity (Wildman–Crippen MR) is 70.5 cm³/mol. The van der Waals surface area contributed by atoms with Gasteiger partial charge in [-0.1, -0.05) is 18.2 Å². The number of thiophene rings is 1. The van der Waals surface area contributed by atoms with Gasteiger partial charge in [0.1, 0.15) is 0 Å². The van der Waals surface area contributed by atoms with E-state index in [1.165, 1.54) is 41.5 Å². The van der Waals surface area contributed by atoms with Gasteiger partial charge in [0.2, 0.25) is 0 Å². The monoisotopic (exact) mass is 248 g/mol. The number of rotatable bonds is 2. The third kappa shape index (κ3) is 1.79. The first-order valence-electron chi connectivity index (χ1n) is 5.62. The molecule has 0 spiro atoms. The van der Waals surface area contributed by atoms with Crippen molar-refractivity contribution in [2.45, 2.75) is 24.6 Å². The molecule has 3 rings (SSSR count). The van der Waals surface area contributed by atoms with E-state index in [4.69, 9.17) is 11.6 Å². The summed E-state index contributed by atoms with van der Waals surface area (Å²) in [6.45, 7) is 0. The number of hydrogen-bond donors (Lipinski definition) is 0. The molecule has 1 aliphatic rings. The van der Waals surface area contributed by atoms with Gasteiger partial charge in [-0.25, -0.2) is 0 Å². The molecule has 1 heterocycles. The van der Waals surface area contributed by atoms with Crippen molar-refractivity contribution in [2.75, 3.05) is 0 Å². The molecule has 1 aromatic carbocycles. The molecule has 1 aromatic heterocycles. The van der Waals surface area contributed by atoms with Gasteiger partial charge < -0.3 is 0 Å². The summed E-state index contributed by atoms with van der Waals surface area (Å²) in [4.78, 5) is 0. The third-order valence-electron chi connectivity index (χ3n) is 3.25. The van der Waals surface area contributed by atoms with Crippen molar-refractivity contribution in [2.24, 2.45) is 0 Å².